The van der Waals surface area contributed by atoms with Gasteiger partial charge in [-0.25, -0.2) is 0 Å². The Hall–Kier alpha value is -3.81. The number of aryl methyl sites for hydroxylation is 1. The van der Waals surface area contributed by atoms with Crippen LogP contribution in [0.25, 0.3) is 5.76 Å². The molecule has 0 aromatic heterocycles. The number of carbonyl (C=O) groups excluding carboxylic acids is 2. The lowest BCUT2D eigenvalue weighted by molar-refractivity contribution is -0.140. The number of aliphatic hydroxyl groups excluding tert-OH is 1. The summed E-state index contributed by atoms with van der Waals surface area (Å²) in [5.41, 5.74) is 1.69. The predicted molar refractivity (Wildman–Crippen MR) is 112 cm³/mol. The molecule has 1 aliphatic rings. The van der Waals surface area contributed by atoms with Crippen molar-refractivity contribution in [2.75, 3.05) is 13.7 Å². The summed E-state index contributed by atoms with van der Waals surface area (Å²) in [6.07, 6.45) is -0.0365. The van der Waals surface area contributed by atoms with Crippen molar-refractivity contribution in [3.8, 4) is 11.5 Å². The number of Topliss-reactive ketones (excluding diaryl/α,β-unsaturated/α-hetero) is 1. The van der Waals surface area contributed by atoms with Crippen LogP contribution in [-0.4, -0.2) is 51.5 Å². The standard InChI is InChI=1S/C23H23NO7/c1-13-5-7-14(8-6-13)21(28)19-20(15-9-10-16(25)17(12-15)31-2)24(23(30)22(19)29)11-3-4-18(26)27/h5-10,12,20,25,28H,3-4,11H2,1-2H3,(H,26,27). The summed E-state index contributed by atoms with van der Waals surface area (Å²) < 4.78 is 5.15. The normalized spacial score (nSPS) is 17.7. The summed E-state index contributed by atoms with van der Waals surface area (Å²) in [7, 11) is 1.37. The molecule has 1 saturated heterocycles. The predicted octanol–water partition coefficient (Wildman–Crippen LogP) is 3.00. The molecule has 1 atom stereocenters. The van der Waals surface area contributed by atoms with Gasteiger partial charge in [-0.1, -0.05) is 35.9 Å². The molecule has 2 aromatic carbocycles. The fourth-order valence-electron chi connectivity index (χ4n) is 3.59. The molecule has 0 radical (unpaired) electrons. The molecule has 3 N–H and O–H groups in total. The van der Waals surface area contributed by atoms with Crippen LogP contribution in [0.15, 0.2) is 48.0 Å². The Labute approximate surface area is 179 Å². The maximum atomic E-state index is 12.9. The molecule has 1 heterocycles. The zero-order valence-electron chi connectivity index (χ0n) is 17.2. The molecule has 0 aliphatic carbocycles. The van der Waals surface area contributed by atoms with E-state index in [0.717, 1.165) is 5.56 Å². The van der Waals surface area contributed by atoms with E-state index < -0.39 is 23.7 Å². The van der Waals surface area contributed by atoms with E-state index in [-0.39, 0.29) is 42.2 Å². The van der Waals surface area contributed by atoms with Crippen LogP contribution in [0.3, 0.4) is 0 Å². The molecule has 1 unspecified atom stereocenters. The summed E-state index contributed by atoms with van der Waals surface area (Å²) in [4.78, 5) is 37.8. The van der Waals surface area contributed by atoms with Crippen LogP contribution in [0.5, 0.6) is 11.5 Å². The number of phenolic OH excluding ortho intramolecular Hbond substituents is 1. The van der Waals surface area contributed by atoms with Crippen molar-refractivity contribution >= 4 is 23.4 Å². The summed E-state index contributed by atoms with van der Waals surface area (Å²) in [6, 6.07) is 10.3. The first-order valence-electron chi connectivity index (χ1n) is 9.68. The van der Waals surface area contributed by atoms with E-state index in [9.17, 15) is 24.6 Å². The Morgan fingerprint density at radius 1 is 1.10 bits per heavy atom. The van der Waals surface area contributed by atoms with Crippen molar-refractivity contribution < 1.29 is 34.4 Å². The van der Waals surface area contributed by atoms with E-state index >= 15 is 0 Å². The molecule has 0 saturated carbocycles. The molecule has 0 spiro atoms. The van der Waals surface area contributed by atoms with Gasteiger partial charge in [-0.15, -0.1) is 0 Å². The molecule has 0 bridgehead atoms. The van der Waals surface area contributed by atoms with Crippen molar-refractivity contribution in [2.24, 2.45) is 0 Å². The van der Waals surface area contributed by atoms with Crippen LogP contribution in [0.4, 0.5) is 0 Å². The van der Waals surface area contributed by atoms with Gasteiger partial charge < -0.3 is 25.0 Å². The molecular formula is C23H23NO7. The minimum atomic E-state index is -1.01. The SMILES string of the molecule is COc1cc(C2C(=C(O)c3ccc(C)cc3)C(=O)C(=O)N2CCCC(=O)O)ccc1O. The van der Waals surface area contributed by atoms with Gasteiger partial charge in [-0.05, 0) is 31.0 Å². The number of carbonyl (C=O) groups is 3. The van der Waals surface area contributed by atoms with Crippen LogP contribution in [0, 0.1) is 6.92 Å². The highest BCUT2D eigenvalue weighted by molar-refractivity contribution is 6.46. The van der Waals surface area contributed by atoms with E-state index in [1.807, 2.05) is 6.92 Å². The van der Waals surface area contributed by atoms with Gasteiger partial charge in [0.05, 0.1) is 18.7 Å². The fraction of sp³-hybridized carbons (Fsp3) is 0.261. The second-order valence-corrected chi connectivity index (χ2v) is 7.29. The summed E-state index contributed by atoms with van der Waals surface area (Å²) >= 11 is 0. The number of rotatable bonds is 7. The monoisotopic (exact) mass is 425 g/mol. The third kappa shape index (κ3) is 4.37. The third-order valence-electron chi connectivity index (χ3n) is 5.17. The highest BCUT2D eigenvalue weighted by Gasteiger charge is 2.46. The fourth-order valence-corrected chi connectivity index (χ4v) is 3.59. The largest absolute Gasteiger partial charge is 0.507 e. The number of phenols is 1. The molecule has 1 aliphatic heterocycles. The Kier molecular flexibility index (Phi) is 6.29. The number of hydrogen-bond acceptors (Lipinski definition) is 6. The smallest absolute Gasteiger partial charge is 0.303 e. The van der Waals surface area contributed by atoms with Gasteiger partial charge in [-0.2, -0.15) is 0 Å². The number of carboxylic acid groups (broad SMARTS) is 1. The van der Waals surface area contributed by atoms with Crippen LogP contribution < -0.4 is 4.74 Å². The number of hydrogen-bond donors (Lipinski definition) is 3. The number of methoxy groups -OCH3 is 1. The van der Waals surface area contributed by atoms with Gasteiger partial charge in [0.25, 0.3) is 11.7 Å². The molecule has 31 heavy (non-hydrogen) atoms. The van der Waals surface area contributed by atoms with Gasteiger partial charge in [0.2, 0.25) is 0 Å². The van der Waals surface area contributed by atoms with E-state index in [1.165, 1.54) is 30.2 Å². The number of benzene rings is 2. The Morgan fingerprint density at radius 2 is 1.77 bits per heavy atom. The number of amides is 1. The van der Waals surface area contributed by atoms with Gasteiger partial charge in [0.1, 0.15) is 5.76 Å². The molecule has 1 fully saturated rings. The van der Waals surface area contributed by atoms with Gasteiger partial charge in [-0.3, -0.25) is 14.4 Å². The van der Waals surface area contributed by atoms with Crippen molar-refractivity contribution in [3.05, 3.63) is 64.7 Å². The number of nitrogens with zero attached hydrogens (tertiary/aromatic N) is 1. The summed E-state index contributed by atoms with van der Waals surface area (Å²) in [5, 5.41) is 29.8. The molecule has 3 rings (SSSR count). The van der Waals surface area contributed by atoms with Gasteiger partial charge in [0.15, 0.2) is 11.5 Å². The second-order valence-electron chi connectivity index (χ2n) is 7.29. The topological polar surface area (TPSA) is 124 Å². The lowest BCUT2D eigenvalue weighted by Crippen LogP contribution is -2.31. The number of likely N-dealkylation sites (tertiary alicyclic amines) is 1. The number of aliphatic carboxylic acids is 1. The Morgan fingerprint density at radius 3 is 2.39 bits per heavy atom. The molecule has 1 amide bonds. The average Bonchev–Trinajstić information content (AvgIpc) is 2.99. The Bertz CT molecular complexity index is 1060. The Balaban J connectivity index is 2.14. The number of carboxylic acids is 1. The lowest BCUT2D eigenvalue weighted by Gasteiger charge is -2.25. The maximum absolute atomic E-state index is 12.9. The number of ketones is 1. The van der Waals surface area contributed by atoms with Crippen molar-refractivity contribution in [2.45, 2.75) is 25.8 Å². The first-order valence-corrected chi connectivity index (χ1v) is 9.68. The van der Waals surface area contributed by atoms with Crippen molar-refractivity contribution in [1.29, 1.82) is 0 Å². The molecule has 8 heteroatoms. The van der Waals surface area contributed by atoms with E-state index in [0.29, 0.717) is 11.1 Å². The highest BCUT2D eigenvalue weighted by Crippen LogP contribution is 2.41. The van der Waals surface area contributed by atoms with E-state index in [1.54, 1.807) is 24.3 Å². The average molecular weight is 425 g/mol. The van der Waals surface area contributed by atoms with E-state index in [4.69, 9.17) is 9.84 Å². The molecular weight excluding hydrogens is 402 g/mol. The number of ether oxygens (including phenoxy) is 1. The highest BCUT2D eigenvalue weighted by atomic mass is 16.5. The van der Waals surface area contributed by atoms with Crippen LogP contribution >= 0.6 is 0 Å². The van der Waals surface area contributed by atoms with Crippen LogP contribution in [0.2, 0.25) is 0 Å². The zero-order chi connectivity index (χ0) is 22.7. The van der Waals surface area contributed by atoms with Crippen molar-refractivity contribution in [1.82, 2.24) is 4.90 Å². The molecule has 8 nitrogen and oxygen atoms in total. The lowest BCUT2D eigenvalue weighted by atomic mass is 9.94. The maximum Gasteiger partial charge on any atom is 0.303 e. The first kappa shape index (κ1) is 21.9. The number of aromatic hydroxyl groups is 1. The third-order valence-corrected chi connectivity index (χ3v) is 5.17. The molecule has 162 valence electrons. The van der Waals surface area contributed by atoms with Crippen molar-refractivity contribution in [3.63, 3.8) is 0 Å². The van der Waals surface area contributed by atoms with Gasteiger partial charge in [0, 0.05) is 18.5 Å². The molecule has 2 aromatic rings. The number of aliphatic hydroxyl groups is 1. The zero-order valence-corrected chi connectivity index (χ0v) is 17.2. The summed E-state index contributed by atoms with van der Waals surface area (Å²) in [6.45, 7) is 1.89. The first-order chi connectivity index (χ1) is 14.7. The quantitative estimate of drug-likeness (QED) is 0.354. The van der Waals surface area contributed by atoms with Crippen LogP contribution in [-0.2, 0) is 14.4 Å². The minimum absolute atomic E-state index is 0.00934. The second kappa shape index (κ2) is 8.91. The van der Waals surface area contributed by atoms with Crippen LogP contribution in [0.1, 0.15) is 35.6 Å². The van der Waals surface area contributed by atoms with Gasteiger partial charge >= 0.3 is 5.97 Å². The van der Waals surface area contributed by atoms with E-state index in [2.05, 4.69) is 0 Å². The summed E-state index contributed by atoms with van der Waals surface area (Å²) in [5.74, 6) is -2.99. The minimum Gasteiger partial charge on any atom is -0.507 e.